The molecule has 0 bridgehead atoms. The molecule has 0 fully saturated rings. The minimum Gasteiger partial charge on any atom is -0.502 e. The Morgan fingerprint density at radius 2 is 2.44 bits per heavy atom. The van der Waals surface area contributed by atoms with Gasteiger partial charge in [-0.15, -0.1) is 0 Å². The maximum absolute atomic E-state index is 9.67. The molecule has 1 amide bonds. The fourth-order valence-electron chi connectivity index (χ4n) is 0.400. The highest BCUT2D eigenvalue weighted by molar-refractivity contribution is 5.45. The Bertz CT molecular complexity index is 73.1. The van der Waals surface area contributed by atoms with Crippen LogP contribution >= 0.6 is 0 Å². The smallest absolute Gasteiger partial charge is 0.207 e. The molecule has 52 valence electrons. The summed E-state index contributed by atoms with van der Waals surface area (Å²) >= 11 is 0. The monoisotopic (exact) mass is 129 g/mol. The summed E-state index contributed by atoms with van der Waals surface area (Å²) < 4.78 is 4.79. The van der Waals surface area contributed by atoms with Crippen LogP contribution in [0.3, 0.4) is 0 Å². The second-order valence-corrected chi connectivity index (χ2v) is 1.46. The molecule has 0 heterocycles. The van der Waals surface area contributed by atoms with Crippen LogP contribution in [0.2, 0.25) is 0 Å². The van der Waals surface area contributed by atoms with E-state index in [9.17, 15) is 4.79 Å². The van der Waals surface area contributed by atoms with Crippen LogP contribution in [0, 0.1) is 0 Å². The molecule has 9 heavy (non-hydrogen) atoms. The lowest BCUT2D eigenvalue weighted by molar-refractivity contribution is -0.109. The topological polar surface area (TPSA) is 38.3 Å². The van der Waals surface area contributed by atoms with Crippen molar-refractivity contribution in [3.63, 3.8) is 0 Å². The fourth-order valence-corrected chi connectivity index (χ4v) is 0.400. The molecule has 1 N–H and O–H groups in total. The van der Waals surface area contributed by atoms with E-state index in [-0.39, 0.29) is 0 Å². The minimum absolute atomic E-state index is 0.615. The van der Waals surface area contributed by atoms with Gasteiger partial charge in [-0.1, -0.05) is 6.58 Å². The van der Waals surface area contributed by atoms with Gasteiger partial charge in [0.25, 0.3) is 0 Å². The predicted octanol–water partition coefficient (Wildman–Crippen LogP) is 0.283. The highest BCUT2D eigenvalue weighted by Crippen LogP contribution is 1.78. The van der Waals surface area contributed by atoms with Gasteiger partial charge in [0, 0.05) is 6.54 Å². The van der Waals surface area contributed by atoms with Crippen molar-refractivity contribution in [2.45, 2.75) is 6.42 Å². The summed E-state index contributed by atoms with van der Waals surface area (Å²) in [5.74, 6) is 0. The third-order valence-electron chi connectivity index (χ3n) is 0.784. The van der Waals surface area contributed by atoms with Crippen LogP contribution < -0.4 is 5.32 Å². The van der Waals surface area contributed by atoms with Crippen molar-refractivity contribution in [1.82, 2.24) is 5.32 Å². The van der Waals surface area contributed by atoms with Gasteiger partial charge < -0.3 is 10.1 Å². The van der Waals surface area contributed by atoms with Crippen molar-refractivity contribution < 1.29 is 9.53 Å². The molecule has 3 nitrogen and oxygen atoms in total. The maximum Gasteiger partial charge on any atom is 0.207 e. The number of rotatable bonds is 6. The van der Waals surface area contributed by atoms with Gasteiger partial charge in [0.05, 0.1) is 12.9 Å². The van der Waals surface area contributed by atoms with Gasteiger partial charge in [-0.25, -0.2) is 0 Å². The molecule has 0 spiro atoms. The molecular formula is C6H11NO2. The first-order chi connectivity index (χ1) is 4.41. The Kier molecular flexibility index (Phi) is 6.24. The number of amides is 1. The average molecular weight is 129 g/mol. The molecule has 0 aliphatic heterocycles. The maximum atomic E-state index is 9.67. The van der Waals surface area contributed by atoms with Crippen LogP contribution in [0.4, 0.5) is 0 Å². The first-order valence-corrected chi connectivity index (χ1v) is 2.81. The third kappa shape index (κ3) is 7.01. The second-order valence-electron chi connectivity index (χ2n) is 1.46. The molecule has 0 saturated heterocycles. The summed E-state index contributed by atoms with van der Waals surface area (Å²) in [6.07, 6.45) is 2.89. The summed E-state index contributed by atoms with van der Waals surface area (Å²) in [4.78, 5) is 9.67. The Morgan fingerprint density at radius 1 is 1.67 bits per heavy atom. The Balaban J connectivity index is 2.74. The lowest BCUT2D eigenvalue weighted by Gasteiger charge is -1.97. The molecule has 0 aliphatic rings. The van der Waals surface area contributed by atoms with Gasteiger partial charge in [-0.3, -0.25) is 4.79 Å². The molecule has 0 saturated carbocycles. The molecule has 0 radical (unpaired) electrons. The molecule has 0 aliphatic carbocycles. The van der Waals surface area contributed by atoms with E-state index in [4.69, 9.17) is 4.74 Å². The van der Waals surface area contributed by atoms with Crippen LogP contribution in [0.1, 0.15) is 6.42 Å². The van der Waals surface area contributed by atoms with E-state index in [1.165, 1.54) is 6.26 Å². The van der Waals surface area contributed by atoms with Crippen LogP contribution in [-0.4, -0.2) is 19.6 Å². The second kappa shape index (κ2) is 7.01. The fraction of sp³-hybridized carbons (Fsp3) is 0.500. The number of ether oxygens (including phenoxy) is 1. The Hall–Kier alpha value is -0.990. The summed E-state index contributed by atoms with van der Waals surface area (Å²) in [6, 6.07) is 0. The third-order valence-corrected chi connectivity index (χ3v) is 0.784. The van der Waals surface area contributed by atoms with Crippen molar-refractivity contribution in [1.29, 1.82) is 0 Å². The van der Waals surface area contributed by atoms with Crippen LogP contribution in [-0.2, 0) is 9.53 Å². The normalized spacial score (nSPS) is 8.00. The standard InChI is InChI=1S/C6H11NO2/c1-2-9-5-3-4-7-6-8/h2,6H,1,3-5H2,(H,7,8). The van der Waals surface area contributed by atoms with E-state index in [1.54, 1.807) is 0 Å². The largest absolute Gasteiger partial charge is 0.502 e. The number of hydrogen-bond acceptors (Lipinski definition) is 2. The van der Waals surface area contributed by atoms with Crippen molar-refractivity contribution in [2.24, 2.45) is 0 Å². The zero-order valence-corrected chi connectivity index (χ0v) is 5.30. The van der Waals surface area contributed by atoms with E-state index in [1.807, 2.05) is 0 Å². The van der Waals surface area contributed by atoms with Gasteiger partial charge in [0.15, 0.2) is 0 Å². The lowest BCUT2D eigenvalue weighted by Crippen LogP contribution is -2.13. The SMILES string of the molecule is C=COCCCNC=O. The predicted molar refractivity (Wildman–Crippen MR) is 34.8 cm³/mol. The zero-order valence-electron chi connectivity index (χ0n) is 5.30. The molecular weight excluding hydrogens is 118 g/mol. The van der Waals surface area contributed by atoms with E-state index in [0.29, 0.717) is 19.6 Å². The first-order valence-electron chi connectivity index (χ1n) is 2.81. The molecule has 0 atom stereocenters. The minimum atomic E-state index is 0.615. The first kappa shape index (κ1) is 8.01. The molecule has 0 aromatic heterocycles. The van der Waals surface area contributed by atoms with Gasteiger partial charge in [-0.05, 0) is 6.42 Å². The molecule has 0 unspecified atom stereocenters. The lowest BCUT2D eigenvalue weighted by atomic mass is 10.4. The summed E-state index contributed by atoms with van der Waals surface area (Å²) in [7, 11) is 0. The number of hydrogen-bond donors (Lipinski definition) is 1. The summed E-state index contributed by atoms with van der Waals surface area (Å²) in [5.41, 5.74) is 0. The number of carbonyl (C=O) groups excluding carboxylic acids is 1. The highest BCUT2D eigenvalue weighted by atomic mass is 16.5. The van der Waals surface area contributed by atoms with E-state index in [2.05, 4.69) is 11.9 Å². The Morgan fingerprint density at radius 3 is 3.00 bits per heavy atom. The van der Waals surface area contributed by atoms with E-state index >= 15 is 0 Å². The molecule has 3 heteroatoms. The molecule has 0 rings (SSSR count). The van der Waals surface area contributed by atoms with Crippen molar-refractivity contribution in [3.05, 3.63) is 12.8 Å². The zero-order chi connectivity index (χ0) is 6.95. The molecule has 0 aromatic rings. The van der Waals surface area contributed by atoms with Gasteiger partial charge in [0.2, 0.25) is 6.41 Å². The van der Waals surface area contributed by atoms with E-state index in [0.717, 1.165) is 6.42 Å². The summed E-state index contributed by atoms with van der Waals surface area (Å²) in [5, 5.41) is 2.51. The van der Waals surface area contributed by atoms with Crippen molar-refractivity contribution >= 4 is 6.41 Å². The van der Waals surface area contributed by atoms with Crippen molar-refractivity contribution in [2.75, 3.05) is 13.2 Å². The van der Waals surface area contributed by atoms with Gasteiger partial charge in [-0.2, -0.15) is 0 Å². The van der Waals surface area contributed by atoms with Crippen molar-refractivity contribution in [3.8, 4) is 0 Å². The quantitative estimate of drug-likeness (QED) is 0.318. The van der Waals surface area contributed by atoms with Crippen LogP contribution in [0.5, 0.6) is 0 Å². The summed E-state index contributed by atoms with van der Waals surface area (Å²) in [6.45, 7) is 4.65. The van der Waals surface area contributed by atoms with Gasteiger partial charge >= 0.3 is 0 Å². The van der Waals surface area contributed by atoms with Gasteiger partial charge in [0.1, 0.15) is 0 Å². The number of nitrogens with one attached hydrogen (secondary N) is 1. The highest BCUT2D eigenvalue weighted by Gasteiger charge is 1.82. The van der Waals surface area contributed by atoms with Crippen LogP contribution in [0.25, 0.3) is 0 Å². The van der Waals surface area contributed by atoms with Crippen LogP contribution in [0.15, 0.2) is 12.8 Å². The molecule has 0 aromatic carbocycles. The number of carbonyl (C=O) groups is 1. The average Bonchev–Trinajstić information content (AvgIpc) is 1.89. The van der Waals surface area contributed by atoms with E-state index < -0.39 is 0 Å². The Labute approximate surface area is 54.7 Å².